The van der Waals surface area contributed by atoms with E-state index in [9.17, 15) is 4.79 Å². The Balaban J connectivity index is 1.93. The number of amides is 1. The Hall–Kier alpha value is -1.31. The van der Waals surface area contributed by atoms with Crippen molar-refractivity contribution in [3.63, 3.8) is 0 Å². The second-order valence-electron chi connectivity index (χ2n) is 5.41. The summed E-state index contributed by atoms with van der Waals surface area (Å²) in [6.07, 6.45) is 6.64. The normalized spacial score (nSPS) is 32.7. The molecule has 1 heterocycles. The minimum Gasteiger partial charge on any atom is -0.350 e. The van der Waals surface area contributed by atoms with Crippen molar-refractivity contribution in [3.8, 4) is 0 Å². The standard InChI is InChI=1S/C15H19NO/c17-14-9-11-15(16-14)10-5-4-8-13(15)12-6-2-1-3-7-12/h1-3,6-7,13H,4-5,8-11H2,(H,16,17)/t13-,15-/m0/s1. The Morgan fingerprint density at radius 3 is 2.65 bits per heavy atom. The Labute approximate surface area is 102 Å². The van der Waals surface area contributed by atoms with E-state index in [2.05, 4.69) is 35.6 Å². The zero-order valence-electron chi connectivity index (χ0n) is 10.1. The first-order valence-electron chi connectivity index (χ1n) is 6.66. The molecule has 1 aliphatic carbocycles. The van der Waals surface area contributed by atoms with Gasteiger partial charge in [0.15, 0.2) is 0 Å². The smallest absolute Gasteiger partial charge is 0.220 e. The fourth-order valence-electron chi connectivity index (χ4n) is 3.60. The number of nitrogens with one attached hydrogen (secondary N) is 1. The highest BCUT2D eigenvalue weighted by molar-refractivity contribution is 5.79. The molecule has 1 saturated carbocycles. The van der Waals surface area contributed by atoms with Crippen molar-refractivity contribution in [2.45, 2.75) is 50.0 Å². The maximum absolute atomic E-state index is 11.6. The van der Waals surface area contributed by atoms with Crippen LogP contribution in [0.3, 0.4) is 0 Å². The summed E-state index contributed by atoms with van der Waals surface area (Å²) in [4.78, 5) is 11.6. The van der Waals surface area contributed by atoms with Crippen LogP contribution in [-0.4, -0.2) is 11.4 Å². The predicted octanol–water partition coefficient (Wildman–Crippen LogP) is 2.99. The lowest BCUT2D eigenvalue weighted by Crippen LogP contribution is -2.48. The molecule has 2 atom stereocenters. The van der Waals surface area contributed by atoms with E-state index in [1.165, 1.54) is 24.8 Å². The van der Waals surface area contributed by atoms with Gasteiger partial charge in [0.2, 0.25) is 5.91 Å². The molecule has 1 N–H and O–H groups in total. The second kappa shape index (κ2) is 4.17. The van der Waals surface area contributed by atoms with Gasteiger partial charge in [0.05, 0.1) is 0 Å². The molecule has 1 spiro atoms. The van der Waals surface area contributed by atoms with E-state index < -0.39 is 0 Å². The average molecular weight is 229 g/mol. The molecule has 90 valence electrons. The van der Waals surface area contributed by atoms with Crippen molar-refractivity contribution < 1.29 is 4.79 Å². The van der Waals surface area contributed by atoms with Crippen LogP contribution in [0.4, 0.5) is 0 Å². The summed E-state index contributed by atoms with van der Waals surface area (Å²) in [5.41, 5.74) is 1.46. The molecule has 0 unspecified atom stereocenters. The first kappa shape index (κ1) is 10.8. The van der Waals surface area contributed by atoms with Crippen molar-refractivity contribution in [1.82, 2.24) is 5.32 Å². The maximum Gasteiger partial charge on any atom is 0.220 e. The van der Waals surface area contributed by atoms with E-state index >= 15 is 0 Å². The highest BCUT2D eigenvalue weighted by Gasteiger charge is 2.45. The third-order valence-electron chi connectivity index (χ3n) is 4.42. The first-order valence-corrected chi connectivity index (χ1v) is 6.66. The van der Waals surface area contributed by atoms with E-state index in [4.69, 9.17) is 0 Å². The van der Waals surface area contributed by atoms with Gasteiger partial charge in [-0.3, -0.25) is 4.79 Å². The molecule has 2 fully saturated rings. The molecule has 3 rings (SSSR count). The molecule has 1 aromatic carbocycles. The van der Waals surface area contributed by atoms with Crippen LogP contribution in [0.5, 0.6) is 0 Å². The van der Waals surface area contributed by atoms with Crippen LogP contribution in [0.15, 0.2) is 30.3 Å². The van der Waals surface area contributed by atoms with Gasteiger partial charge >= 0.3 is 0 Å². The van der Waals surface area contributed by atoms with Crippen LogP contribution in [0.25, 0.3) is 0 Å². The van der Waals surface area contributed by atoms with Crippen LogP contribution in [0.2, 0.25) is 0 Å². The maximum atomic E-state index is 11.6. The van der Waals surface area contributed by atoms with E-state index in [1.54, 1.807) is 0 Å². The molecular formula is C15H19NO. The lowest BCUT2D eigenvalue weighted by Gasteiger charge is -2.41. The first-order chi connectivity index (χ1) is 8.30. The number of hydrogen-bond donors (Lipinski definition) is 1. The fourth-order valence-corrected chi connectivity index (χ4v) is 3.60. The summed E-state index contributed by atoms with van der Waals surface area (Å²) in [5.74, 6) is 0.761. The van der Waals surface area contributed by atoms with Gasteiger partial charge in [0.1, 0.15) is 0 Å². The predicted molar refractivity (Wildman–Crippen MR) is 67.8 cm³/mol. The Morgan fingerprint density at radius 1 is 1.12 bits per heavy atom. The zero-order valence-corrected chi connectivity index (χ0v) is 10.1. The molecule has 1 aliphatic heterocycles. The summed E-state index contributed by atoms with van der Waals surface area (Å²) in [7, 11) is 0. The monoisotopic (exact) mass is 229 g/mol. The van der Waals surface area contributed by atoms with Crippen molar-refractivity contribution in [1.29, 1.82) is 0 Å². The van der Waals surface area contributed by atoms with Crippen LogP contribution in [0.1, 0.15) is 50.0 Å². The number of hydrogen-bond acceptors (Lipinski definition) is 1. The molecule has 0 radical (unpaired) electrons. The number of rotatable bonds is 1. The second-order valence-corrected chi connectivity index (χ2v) is 5.41. The van der Waals surface area contributed by atoms with Crippen molar-refractivity contribution in [3.05, 3.63) is 35.9 Å². The highest BCUT2D eigenvalue weighted by Crippen LogP contribution is 2.45. The topological polar surface area (TPSA) is 29.1 Å². The molecule has 0 aromatic heterocycles. The lowest BCUT2D eigenvalue weighted by atomic mass is 9.69. The third-order valence-corrected chi connectivity index (χ3v) is 4.42. The van der Waals surface area contributed by atoms with Gasteiger partial charge in [-0.25, -0.2) is 0 Å². The molecular weight excluding hydrogens is 210 g/mol. The number of carbonyl (C=O) groups is 1. The van der Waals surface area contributed by atoms with E-state index in [0.717, 1.165) is 12.8 Å². The summed E-state index contributed by atoms with van der Waals surface area (Å²) in [6.45, 7) is 0. The van der Waals surface area contributed by atoms with Crippen LogP contribution < -0.4 is 5.32 Å². The molecule has 0 bridgehead atoms. The van der Waals surface area contributed by atoms with Gasteiger partial charge in [-0.05, 0) is 24.8 Å². The fraction of sp³-hybridized carbons (Fsp3) is 0.533. The molecule has 17 heavy (non-hydrogen) atoms. The highest BCUT2D eigenvalue weighted by atomic mass is 16.2. The van der Waals surface area contributed by atoms with Crippen LogP contribution in [0, 0.1) is 0 Å². The SMILES string of the molecule is O=C1CC[C@]2(CCCC[C@H]2c2ccccc2)N1. The van der Waals surface area contributed by atoms with Crippen molar-refractivity contribution >= 4 is 5.91 Å². The largest absolute Gasteiger partial charge is 0.350 e. The third kappa shape index (κ3) is 1.86. The number of benzene rings is 1. The summed E-state index contributed by atoms with van der Waals surface area (Å²) in [6, 6.07) is 10.7. The van der Waals surface area contributed by atoms with Gasteiger partial charge in [-0.15, -0.1) is 0 Å². The van der Waals surface area contributed by atoms with Crippen LogP contribution in [-0.2, 0) is 4.79 Å². The van der Waals surface area contributed by atoms with Gasteiger partial charge < -0.3 is 5.32 Å². The van der Waals surface area contributed by atoms with E-state index in [-0.39, 0.29) is 11.4 Å². The Morgan fingerprint density at radius 2 is 1.94 bits per heavy atom. The van der Waals surface area contributed by atoms with Crippen molar-refractivity contribution in [2.75, 3.05) is 0 Å². The summed E-state index contributed by atoms with van der Waals surface area (Å²) >= 11 is 0. The summed E-state index contributed by atoms with van der Waals surface area (Å²) < 4.78 is 0. The average Bonchev–Trinajstić information content (AvgIpc) is 2.73. The summed E-state index contributed by atoms with van der Waals surface area (Å²) in [5, 5.41) is 3.28. The zero-order chi connectivity index (χ0) is 11.7. The van der Waals surface area contributed by atoms with Crippen molar-refractivity contribution in [2.24, 2.45) is 0 Å². The molecule has 1 amide bonds. The molecule has 2 nitrogen and oxygen atoms in total. The van der Waals surface area contributed by atoms with Gasteiger partial charge in [0.25, 0.3) is 0 Å². The number of carbonyl (C=O) groups excluding carboxylic acids is 1. The van der Waals surface area contributed by atoms with Crippen LogP contribution >= 0.6 is 0 Å². The minimum absolute atomic E-state index is 0.0662. The van der Waals surface area contributed by atoms with Gasteiger partial charge in [-0.1, -0.05) is 43.2 Å². The molecule has 2 aliphatic rings. The Bertz CT molecular complexity index is 414. The quantitative estimate of drug-likeness (QED) is 0.788. The minimum atomic E-state index is 0.0662. The molecule has 1 aromatic rings. The van der Waals surface area contributed by atoms with E-state index in [1.807, 2.05) is 0 Å². The van der Waals surface area contributed by atoms with Gasteiger partial charge in [0, 0.05) is 17.9 Å². The van der Waals surface area contributed by atoms with E-state index in [0.29, 0.717) is 12.3 Å². The van der Waals surface area contributed by atoms with Gasteiger partial charge in [-0.2, -0.15) is 0 Å². The molecule has 1 saturated heterocycles. The molecule has 2 heteroatoms. The Kier molecular flexibility index (Phi) is 2.65. The lowest BCUT2D eigenvalue weighted by molar-refractivity contribution is -0.120.